The molecule has 0 aromatic heterocycles. The number of rotatable bonds is 3. The second-order valence-corrected chi connectivity index (χ2v) is 5.57. The topological polar surface area (TPSA) is 24.5 Å². The lowest BCUT2D eigenvalue weighted by atomic mass is 9.96. The van der Waals surface area contributed by atoms with Crippen molar-refractivity contribution in [3.8, 4) is 5.75 Å². The fraction of sp³-hybridized carbons (Fsp3) is 0.600. The number of hydrogen-bond donors (Lipinski definition) is 1. The molecule has 19 heavy (non-hydrogen) atoms. The summed E-state index contributed by atoms with van der Waals surface area (Å²) in [4.78, 5) is 2.47. The minimum atomic E-state index is -0.288. The van der Waals surface area contributed by atoms with Gasteiger partial charge in [-0.15, -0.1) is 0 Å². The molecule has 2 bridgehead atoms. The fourth-order valence-electron chi connectivity index (χ4n) is 3.64. The lowest BCUT2D eigenvalue weighted by Crippen LogP contribution is -2.48. The normalized spacial score (nSPS) is 29.6. The van der Waals surface area contributed by atoms with Crippen molar-refractivity contribution in [1.29, 1.82) is 0 Å². The van der Waals surface area contributed by atoms with Crippen molar-refractivity contribution in [2.24, 2.45) is 0 Å². The van der Waals surface area contributed by atoms with Crippen LogP contribution in [0.2, 0.25) is 0 Å². The molecule has 0 spiro atoms. The second-order valence-electron chi connectivity index (χ2n) is 5.57. The van der Waals surface area contributed by atoms with Crippen LogP contribution in [0.5, 0.6) is 5.75 Å². The van der Waals surface area contributed by atoms with E-state index in [1.165, 1.54) is 38.9 Å². The highest BCUT2D eigenvalue weighted by molar-refractivity contribution is 5.54. The van der Waals surface area contributed by atoms with Crippen LogP contribution in [0.1, 0.15) is 25.7 Å². The molecule has 1 N–H and O–H groups in total. The van der Waals surface area contributed by atoms with E-state index in [0.717, 1.165) is 5.69 Å². The summed E-state index contributed by atoms with van der Waals surface area (Å²) < 4.78 is 18.6. The number of anilines is 1. The number of halogens is 1. The third kappa shape index (κ3) is 2.18. The van der Waals surface area contributed by atoms with E-state index < -0.39 is 0 Å². The van der Waals surface area contributed by atoms with E-state index in [4.69, 9.17) is 4.74 Å². The molecule has 3 rings (SSSR count). The quantitative estimate of drug-likeness (QED) is 0.908. The van der Waals surface area contributed by atoms with Gasteiger partial charge in [0.25, 0.3) is 0 Å². The third-order valence-corrected chi connectivity index (χ3v) is 4.57. The Kier molecular flexibility index (Phi) is 3.35. The SMILES string of the molecule is CNC1CC2CCC(C1)N2c1ccc(F)c(OC)c1. The fourth-order valence-corrected chi connectivity index (χ4v) is 3.64. The molecule has 1 aromatic carbocycles. The van der Waals surface area contributed by atoms with Crippen LogP contribution in [-0.4, -0.2) is 32.3 Å². The molecule has 4 heteroatoms. The van der Waals surface area contributed by atoms with E-state index in [2.05, 4.69) is 10.2 Å². The molecule has 0 amide bonds. The Labute approximate surface area is 113 Å². The molecule has 2 aliphatic heterocycles. The van der Waals surface area contributed by atoms with Gasteiger partial charge in [0.1, 0.15) is 0 Å². The molecule has 3 nitrogen and oxygen atoms in total. The van der Waals surface area contributed by atoms with Gasteiger partial charge in [0.2, 0.25) is 0 Å². The Bertz CT molecular complexity index is 451. The highest BCUT2D eigenvalue weighted by Gasteiger charge is 2.40. The summed E-state index contributed by atoms with van der Waals surface area (Å²) in [5, 5.41) is 3.40. The smallest absolute Gasteiger partial charge is 0.165 e. The summed E-state index contributed by atoms with van der Waals surface area (Å²) >= 11 is 0. The van der Waals surface area contributed by atoms with Crippen LogP contribution in [0.4, 0.5) is 10.1 Å². The van der Waals surface area contributed by atoms with Crippen molar-refractivity contribution in [3.63, 3.8) is 0 Å². The van der Waals surface area contributed by atoms with Gasteiger partial charge in [0.15, 0.2) is 11.6 Å². The van der Waals surface area contributed by atoms with Crippen LogP contribution < -0.4 is 15.0 Å². The van der Waals surface area contributed by atoms with Crippen molar-refractivity contribution in [2.45, 2.75) is 43.8 Å². The first-order valence-corrected chi connectivity index (χ1v) is 7.02. The summed E-state index contributed by atoms with van der Waals surface area (Å²) in [6.45, 7) is 0. The Hall–Kier alpha value is -1.29. The zero-order chi connectivity index (χ0) is 13.4. The van der Waals surface area contributed by atoms with Gasteiger partial charge in [-0.25, -0.2) is 4.39 Å². The Morgan fingerprint density at radius 1 is 1.26 bits per heavy atom. The van der Waals surface area contributed by atoms with Crippen molar-refractivity contribution in [3.05, 3.63) is 24.0 Å². The second kappa shape index (κ2) is 5.00. The van der Waals surface area contributed by atoms with E-state index >= 15 is 0 Å². The van der Waals surface area contributed by atoms with Gasteiger partial charge in [-0.3, -0.25) is 0 Å². The average molecular weight is 264 g/mol. The predicted molar refractivity (Wildman–Crippen MR) is 74.3 cm³/mol. The van der Waals surface area contributed by atoms with E-state index in [0.29, 0.717) is 23.9 Å². The van der Waals surface area contributed by atoms with Crippen LogP contribution in [-0.2, 0) is 0 Å². The predicted octanol–water partition coefficient (Wildman–Crippen LogP) is 2.55. The minimum absolute atomic E-state index is 0.288. The van der Waals surface area contributed by atoms with Gasteiger partial charge >= 0.3 is 0 Å². The Morgan fingerprint density at radius 3 is 2.53 bits per heavy atom. The van der Waals surface area contributed by atoms with Crippen LogP contribution in [0.3, 0.4) is 0 Å². The number of fused-ring (bicyclic) bond motifs is 2. The third-order valence-electron chi connectivity index (χ3n) is 4.57. The maximum Gasteiger partial charge on any atom is 0.165 e. The highest BCUT2D eigenvalue weighted by atomic mass is 19.1. The number of piperidine rings is 1. The first-order chi connectivity index (χ1) is 9.22. The Morgan fingerprint density at radius 2 is 1.95 bits per heavy atom. The first kappa shape index (κ1) is 12.7. The zero-order valence-corrected chi connectivity index (χ0v) is 11.5. The van der Waals surface area contributed by atoms with Gasteiger partial charge in [-0.05, 0) is 44.9 Å². The van der Waals surface area contributed by atoms with E-state index in [1.54, 1.807) is 0 Å². The summed E-state index contributed by atoms with van der Waals surface area (Å²) in [7, 11) is 3.56. The van der Waals surface area contributed by atoms with Gasteiger partial charge in [0, 0.05) is 29.9 Å². The van der Waals surface area contributed by atoms with E-state index in [9.17, 15) is 4.39 Å². The largest absolute Gasteiger partial charge is 0.494 e. The van der Waals surface area contributed by atoms with Crippen molar-refractivity contribution in [2.75, 3.05) is 19.1 Å². The molecule has 1 aromatic rings. The van der Waals surface area contributed by atoms with Crippen molar-refractivity contribution >= 4 is 5.69 Å². The highest BCUT2D eigenvalue weighted by Crippen LogP contribution is 2.40. The maximum absolute atomic E-state index is 13.5. The number of nitrogens with zero attached hydrogens (tertiary/aromatic N) is 1. The molecule has 2 heterocycles. The van der Waals surface area contributed by atoms with Crippen molar-refractivity contribution < 1.29 is 9.13 Å². The molecular formula is C15H21FN2O. The molecule has 2 aliphatic rings. The lowest BCUT2D eigenvalue weighted by Gasteiger charge is -2.40. The molecule has 104 valence electrons. The van der Waals surface area contributed by atoms with Crippen LogP contribution in [0, 0.1) is 5.82 Å². The Balaban J connectivity index is 1.87. The molecule has 2 fully saturated rings. The maximum atomic E-state index is 13.5. The summed E-state index contributed by atoms with van der Waals surface area (Å²) in [5.74, 6) is 0.0522. The number of methoxy groups -OCH3 is 1. The first-order valence-electron chi connectivity index (χ1n) is 7.02. The molecule has 2 saturated heterocycles. The molecule has 2 unspecified atom stereocenters. The number of hydrogen-bond acceptors (Lipinski definition) is 3. The average Bonchev–Trinajstić information content (AvgIpc) is 2.70. The van der Waals surface area contributed by atoms with Crippen LogP contribution in [0.25, 0.3) is 0 Å². The number of benzene rings is 1. The molecule has 2 atom stereocenters. The standard InChI is InChI=1S/C15H21FN2O/c1-17-10-7-11-3-4-12(8-10)18(11)13-5-6-14(16)15(9-13)19-2/h5-6,9-12,17H,3-4,7-8H2,1-2H3. The van der Waals surface area contributed by atoms with E-state index in [1.807, 2.05) is 19.2 Å². The molecule has 0 radical (unpaired) electrons. The number of nitrogens with one attached hydrogen (secondary N) is 1. The van der Waals surface area contributed by atoms with Gasteiger partial charge in [-0.2, -0.15) is 0 Å². The summed E-state index contributed by atoms with van der Waals surface area (Å²) in [6, 6.07) is 7.00. The lowest BCUT2D eigenvalue weighted by molar-refractivity contribution is 0.370. The molecule has 0 saturated carbocycles. The van der Waals surface area contributed by atoms with Gasteiger partial charge in [0.05, 0.1) is 7.11 Å². The van der Waals surface area contributed by atoms with Crippen molar-refractivity contribution in [1.82, 2.24) is 5.32 Å². The van der Waals surface area contributed by atoms with Gasteiger partial charge < -0.3 is 15.0 Å². The summed E-state index contributed by atoms with van der Waals surface area (Å²) in [5.41, 5.74) is 1.10. The monoisotopic (exact) mass is 264 g/mol. The molecular weight excluding hydrogens is 243 g/mol. The van der Waals surface area contributed by atoms with Crippen LogP contribution in [0.15, 0.2) is 18.2 Å². The van der Waals surface area contributed by atoms with E-state index in [-0.39, 0.29) is 5.82 Å². The number of ether oxygens (including phenoxy) is 1. The van der Waals surface area contributed by atoms with Gasteiger partial charge in [-0.1, -0.05) is 0 Å². The minimum Gasteiger partial charge on any atom is -0.494 e. The molecule has 0 aliphatic carbocycles. The summed E-state index contributed by atoms with van der Waals surface area (Å²) in [6.07, 6.45) is 4.82. The van der Waals surface area contributed by atoms with Crippen LogP contribution >= 0.6 is 0 Å². The zero-order valence-electron chi connectivity index (χ0n) is 11.5.